The molecule has 5 nitrogen and oxygen atoms in total. The van der Waals surface area contributed by atoms with Gasteiger partial charge in [0.1, 0.15) is 17.7 Å². The lowest BCUT2D eigenvalue weighted by Crippen LogP contribution is -2.48. The second-order valence-electron chi connectivity index (χ2n) is 6.06. The summed E-state index contributed by atoms with van der Waals surface area (Å²) in [6, 6.07) is 12.2. The number of para-hydroxylation sites is 1. The lowest BCUT2D eigenvalue weighted by Gasteiger charge is -2.36. The van der Waals surface area contributed by atoms with Crippen molar-refractivity contribution >= 4 is 17.3 Å². The molecule has 0 radical (unpaired) electrons. The van der Waals surface area contributed by atoms with E-state index >= 15 is 0 Å². The lowest BCUT2D eigenvalue weighted by atomic mass is 10.1. The normalized spacial score (nSPS) is 14.7. The monoisotopic (exact) mass is 356 g/mol. The Labute approximate surface area is 150 Å². The summed E-state index contributed by atoms with van der Waals surface area (Å²) in [6.45, 7) is 2.64. The fourth-order valence-electron chi connectivity index (χ4n) is 2.98. The van der Waals surface area contributed by atoms with E-state index in [-0.39, 0.29) is 18.1 Å². The second-order valence-corrected chi connectivity index (χ2v) is 6.06. The molecule has 7 heteroatoms. The lowest BCUT2D eigenvalue weighted by molar-refractivity contribution is -0.117. The first-order valence-corrected chi connectivity index (χ1v) is 8.28. The average Bonchev–Trinajstić information content (AvgIpc) is 2.64. The largest absolute Gasteiger partial charge is 0.368 e. The van der Waals surface area contributed by atoms with Crippen LogP contribution in [0.4, 0.5) is 20.2 Å². The third-order valence-electron chi connectivity index (χ3n) is 4.31. The van der Waals surface area contributed by atoms with Crippen LogP contribution in [0, 0.1) is 23.0 Å². The zero-order valence-corrected chi connectivity index (χ0v) is 14.1. The van der Waals surface area contributed by atoms with Crippen molar-refractivity contribution in [1.29, 1.82) is 5.26 Å². The molecule has 26 heavy (non-hydrogen) atoms. The van der Waals surface area contributed by atoms with Crippen molar-refractivity contribution in [2.45, 2.75) is 0 Å². The summed E-state index contributed by atoms with van der Waals surface area (Å²) >= 11 is 0. The van der Waals surface area contributed by atoms with Gasteiger partial charge in [0, 0.05) is 26.2 Å². The molecule has 1 saturated heterocycles. The average molecular weight is 356 g/mol. The Kier molecular flexibility index (Phi) is 5.44. The molecule has 1 aliphatic rings. The van der Waals surface area contributed by atoms with Gasteiger partial charge in [-0.05, 0) is 30.3 Å². The molecular weight excluding hydrogens is 338 g/mol. The van der Waals surface area contributed by atoms with E-state index in [0.717, 1.165) is 0 Å². The highest BCUT2D eigenvalue weighted by atomic mass is 19.1. The van der Waals surface area contributed by atoms with Gasteiger partial charge < -0.3 is 10.2 Å². The van der Waals surface area contributed by atoms with Crippen molar-refractivity contribution in [3.05, 3.63) is 59.7 Å². The molecule has 1 aliphatic heterocycles. The van der Waals surface area contributed by atoms with Crippen LogP contribution in [-0.2, 0) is 4.79 Å². The molecule has 1 heterocycles. The maximum absolute atomic E-state index is 13.6. The number of halogens is 2. The van der Waals surface area contributed by atoms with Gasteiger partial charge in [0.15, 0.2) is 0 Å². The Morgan fingerprint density at radius 2 is 1.85 bits per heavy atom. The fourth-order valence-corrected chi connectivity index (χ4v) is 2.98. The van der Waals surface area contributed by atoms with Crippen molar-refractivity contribution in [3.8, 4) is 6.07 Å². The number of benzene rings is 2. The molecule has 3 rings (SSSR count). The number of anilines is 2. The molecule has 0 bridgehead atoms. The van der Waals surface area contributed by atoms with E-state index in [2.05, 4.69) is 5.32 Å². The Bertz CT molecular complexity index is 842. The van der Waals surface area contributed by atoms with Crippen LogP contribution in [0.25, 0.3) is 0 Å². The van der Waals surface area contributed by atoms with Gasteiger partial charge >= 0.3 is 0 Å². The standard InChI is InChI=1S/C19H18F2N4O/c20-15-5-6-18(14(11-15)12-22)25-9-7-24(8-10-25)13-19(26)23-17-4-2-1-3-16(17)21/h1-6,11H,7-10,13H2,(H,23,26). The molecule has 1 fully saturated rings. The van der Waals surface area contributed by atoms with Gasteiger partial charge in [-0.25, -0.2) is 8.78 Å². The number of rotatable bonds is 4. The molecule has 1 amide bonds. The van der Waals surface area contributed by atoms with E-state index in [0.29, 0.717) is 37.4 Å². The maximum atomic E-state index is 13.6. The zero-order chi connectivity index (χ0) is 18.5. The summed E-state index contributed by atoms with van der Waals surface area (Å²) in [7, 11) is 0. The second kappa shape index (κ2) is 7.93. The molecule has 0 aliphatic carbocycles. The van der Waals surface area contributed by atoms with Crippen molar-refractivity contribution in [3.63, 3.8) is 0 Å². The number of piperazine rings is 1. The Morgan fingerprint density at radius 1 is 1.12 bits per heavy atom. The summed E-state index contributed by atoms with van der Waals surface area (Å²) < 4.78 is 26.8. The van der Waals surface area contributed by atoms with Crippen LogP contribution < -0.4 is 10.2 Å². The molecule has 0 unspecified atom stereocenters. The van der Waals surface area contributed by atoms with E-state index in [1.54, 1.807) is 18.2 Å². The topological polar surface area (TPSA) is 59.4 Å². The molecule has 134 valence electrons. The van der Waals surface area contributed by atoms with Crippen LogP contribution >= 0.6 is 0 Å². The van der Waals surface area contributed by atoms with Crippen LogP contribution in [0.2, 0.25) is 0 Å². The van der Waals surface area contributed by atoms with Gasteiger partial charge in [-0.1, -0.05) is 12.1 Å². The Hall–Kier alpha value is -2.98. The third kappa shape index (κ3) is 4.16. The number of carbonyl (C=O) groups excluding carboxylic acids is 1. The first-order valence-electron chi connectivity index (χ1n) is 8.28. The number of hydrogen-bond donors (Lipinski definition) is 1. The zero-order valence-electron chi connectivity index (χ0n) is 14.1. The highest BCUT2D eigenvalue weighted by Gasteiger charge is 2.21. The van der Waals surface area contributed by atoms with Gasteiger partial charge in [0.2, 0.25) is 5.91 Å². The first-order chi connectivity index (χ1) is 12.6. The minimum absolute atomic E-state index is 0.163. The quantitative estimate of drug-likeness (QED) is 0.915. The summed E-state index contributed by atoms with van der Waals surface area (Å²) in [4.78, 5) is 16.1. The third-order valence-corrected chi connectivity index (χ3v) is 4.31. The molecule has 0 atom stereocenters. The first kappa shape index (κ1) is 17.8. The number of nitrogens with one attached hydrogen (secondary N) is 1. The Balaban J connectivity index is 1.55. The Morgan fingerprint density at radius 3 is 2.54 bits per heavy atom. The van der Waals surface area contributed by atoms with Crippen molar-refractivity contribution in [1.82, 2.24) is 4.90 Å². The van der Waals surface area contributed by atoms with E-state index in [9.17, 15) is 13.6 Å². The molecule has 0 aromatic heterocycles. The number of hydrogen-bond acceptors (Lipinski definition) is 4. The summed E-state index contributed by atoms with van der Waals surface area (Å²) in [5.41, 5.74) is 1.17. The van der Waals surface area contributed by atoms with Crippen molar-refractivity contribution < 1.29 is 13.6 Å². The molecule has 0 spiro atoms. The van der Waals surface area contributed by atoms with Gasteiger partial charge in [0.25, 0.3) is 0 Å². The van der Waals surface area contributed by atoms with Crippen molar-refractivity contribution in [2.75, 3.05) is 42.9 Å². The predicted molar refractivity (Wildman–Crippen MR) is 94.8 cm³/mol. The molecule has 2 aromatic carbocycles. The van der Waals surface area contributed by atoms with Gasteiger partial charge in [-0.2, -0.15) is 5.26 Å². The molecule has 2 aromatic rings. The summed E-state index contributed by atoms with van der Waals surface area (Å²) in [6.07, 6.45) is 0. The maximum Gasteiger partial charge on any atom is 0.238 e. The summed E-state index contributed by atoms with van der Waals surface area (Å²) in [5.74, 6) is -1.18. The number of nitriles is 1. The van der Waals surface area contributed by atoms with Crippen LogP contribution in [0.1, 0.15) is 5.56 Å². The van der Waals surface area contributed by atoms with Gasteiger partial charge in [-0.3, -0.25) is 9.69 Å². The molecule has 0 saturated carbocycles. The van der Waals surface area contributed by atoms with E-state index in [4.69, 9.17) is 5.26 Å². The fraction of sp³-hybridized carbons (Fsp3) is 0.263. The number of amides is 1. The predicted octanol–water partition coefficient (Wildman–Crippen LogP) is 2.60. The van der Waals surface area contributed by atoms with Crippen LogP contribution in [-0.4, -0.2) is 43.5 Å². The van der Waals surface area contributed by atoms with E-state index in [1.165, 1.54) is 24.3 Å². The number of nitrogens with zero attached hydrogens (tertiary/aromatic N) is 3. The van der Waals surface area contributed by atoms with Crippen LogP contribution in [0.3, 0.4) is 0 Å². The van der Waals surface area contributed by atoms with Crippen molar-refractivity contribution in [2.24, 2.45) is 0 Å². The molecular formula is C19H18F2N4O. The highest BCUT2D eigenvalue weighted by molar-refractivity contribution is 5.92. The minimum atomic E-state index is -0.467. The van der Waals surface area contributed by atoms with Crippen LogP contribution in [0.15, 0.2) is 42.5 Å². The smallest absolute Gasteiger partial charge is 0.238 e. The molecule has 1 N–H and O–H groups in total. The van der Waals surface area contributed by atoms with Gasteiger partial charge in [0.05, 0.1) is 23.5 Å². The highest BCUT2D eigenvalue weighted by Crippen LogP contribution is 2.22. The van der Waals surface area contributed by atoms with E-state index < -0.39 is 11.6 Å². The van der Waals surface area contributed by atoms with Crippen LogP contribution in [0.5, 0.6) is 0 Å². The SMILES string of the molecule is N#Cc1cc(F)ccc1N1CCN(CC(=O)Nc2ccccc2F)CC1. The van der Waals surface area contributed by atoms with E-state index in [1.807, 2.05) is 15.9 Å². The summed E-state index contributed by atoms with van der Waals surface area (Å²) in [5, 5.41) is 11.7. The minimum Gasteiger partial charge on any atom is -0.368 e. The van der Waals surface area contributed by atoms with Gasteiger partial charge in [-0.15, -0.1) is 0 Å². The number of carbonyl (C=O) groups is 1.